The van der Waals surface area contributed by atoms with Gasteiger partial charge >= 0.3 is 0 Å². The Morgan fingerprint density at radius 1 is 1.42 bits per heavy atom. The van der Waals surface area contributed by atoms with Gasteiger partial charge < -0.3 is 15.2 Å². The number of hydrogen-bond acceptors (Lipinski definition) is 5. The predicted octanol–water partition coefficient (Wildman–Crippen LogP) is 2.29. The van der Waals surface area contributed by atoms with Gasteiger partial charge in [-0.15, -0.1) is 11.3 Å². The van der Waals surface area contributed by atoms with Crippen LogP contribution < -0.4 is 5.32 Å². The lowest BCUT2D eigenvalue weighted by Gasteiger charge is -2.16. The molecule has 19 heavy (non-hydrogen) atoms. The van der Waals surface area contributed by atoms with Gasteiger partial charge in [-0.1, -0.05) is 6.07 Å². The molecule has 2 aromatic rings. The van der Waals surface area contributed by atoms with Crippen molar-refractivity contribution in [2.24, 2.45) is 0 Å². The van der Waals surface area contributed by atoms with E-state index in [1.165, 1.54) is 11.3 Å². The van der Waals surface area contributed by atoms with Crippen LogP contribution in [0.4, 0.5) is 0 Å². The quantitative estimate of drug-likeness (QED) is 0.824. The van der Waals surface area contributed by atoms with Gasteiger partial charge in [0, 0.05) is 22.4 Å². The maximum Gasteiger partial charge on any atom is 0.252 e. The fourth-order valence-electron chi connectivity index (χ4n) is 1.59. The van der Waals surface area contributed by atoms with Gasteiger partial charge in [0.2, 0.25) is 0 Å². The van der Waals surface area contributed by atoms with Gasteiger partial charge in [-0.25, -0.2) is 0 Å². The number of hydrogen-bond donors (Lipinski definition) is 2. The molecule has 0 aliphatic rings. The molecule has 2 rings (SSSR count). The highest BCUT2D eigenvalue weighted by Crippen LogP contribution is 2.22. The van der Waals surface area contributed by atoms with Crippen LogP contribution in [0.1, 0.15) is 21.3 Å². The summed E-state index contributed by atoms with van der Waals surface area (Å²) in [7, 11) is 0. The third-order valence-electron chi connectivity index (χ3n) is 2.50. The van der Waals surface area contributed by atoms with Gasteiger partial charge in [-0.05, 0) is 22.9 Å². The summed E-state index contributed by atoms with van der Waals surface area (Å²) in [5, 5.41) is 17.3. The summed E-state index contributed by atoms with van der Waals surface area (Å²) in [6, 6.07) is 5.69. The summed E-state index contributed by atoms with van der Waals surface area (Å²) < 4.78 is 5.55. The molecule has 0 spiro atoms. The minimum absolute atomic E-state index is 0.0274. The molecule has 0 aliphatic carbocycles. The summed E-state index contributed by atoms with van der Waals surface area (Å²) in [6.45, 7) is 0.631. The van der Waals surface area contributed by atoms with E-state index >= 15 is 0 Å². The van der Waals surface area contributed by atoms with Crippen LogP contribution >= 0.6 is 22.7 Å². The molecule has 1 atom stereocenters. The van der Waals surface area contributed by atoms with Crippen LogP contribution in [-0.4, -0.2) is 30.8 Å². The highest BCUT2D eigenvalue weighted by molar-refractivity contribution is 7.10. The molecular formula is C13H15NO3S2. The number of thiophene rings is 2. The number of aliphatic hydroxyl groups is 1. The van der Waals surface area contributed by atoms with Gasteiger partial charge in [0.05, 0.1) is 13.2 Å². The van der Waals surface area contributed by atoms with Crippen LogP contribution in [0.25, 0.3) is 0 Å². The third-order valence-corrected chi connectivity index (χ3v) is 4.15. The number of ether oxygens (including phenoxy) is 1. The zero-order valence-electron chi connectivity index (χ0n) is 10.2. The Balaban J connectivity index is 1.91. The van der Waals surface area contributed by atoms with E-state index in [2.05, 4.69) is 5.32 Å². The second kappa shape index (κ2) is 7.40. The summed E-state index contributed by atoms with van der Waals surface area (Å²) in [4.78, 5) is 12.9. The maximum absolute atomic E-state index is 11.8. The largest absolute Gasteiger partial charge is 0.394 e. The lowest BCUT2D eigenvalue weighted by molar-refractivity contribution is 0.0296. The van der Waals surface area contributed by atoms with E-state index in [-0.39, 0.29) is 25.2 Å². The first-order chi connectivity index (χ1) is 9.31. The van der Waals surface area contributed by atoms with Crippen molar-refractivity contribution in [1.82, 2.24) is 5.32 Å². The van der Waals surface area contributed by atoms with Gasteiger partial charge in [-0.2, -0.15) is 11.3 Å². The third kappa shape index (κ3) is 4.14. The molecule has 6 heteroatoms. The molecule has 0 saturated heterocycles. The van der Waals surface area contributed by atoms with Gasteiger partial charge in [0.25, 0.3) is 5.91 Å². The van der Waals surface area contributed by atoms with Crippen molar-refractivity contribution < 1.29 is 14.6 Å². The van der Waals surface area contributed by atoms with Crippen LogP contribution in [0.3, 0.4) is 0 Å². The van der Waals surface area contributed by atoms with Crippen LogP contribution in [-0.2, 0) is 4.74 Å². The summed E-state index contributed by atoms with van der Waals surface area (Å²) in [5.74, 6) is -0.101. The first-order valence-corrected chi connectivity index (χ1v) is 7.69. The average molecular weight is 297 g/mol. The number of nitrogens with one attached hydrogen (secondary N) is 1. The Labute approximate surface area is 119 Å². The highest BCUT2D eigenvalue weighted by atomic mass is 32.1. The van der Waals surface area contributed by atoms with E-state index in [0.29, 0.717) is 12.1 Å². The van der Waals surface area contributed by atoms with E-state index in [1.54, 1.807) is 17.4 Å². The average Bonchev–Trinajstić information content (AvgIpc) is 3.11. The molecule has 0 aromatic carbocycles. The standard InChI is InChI=1S/C13H15NO3S2/c15-4-5-17-11(12-2-1-6-19-12)8-14-13(16)10-3-7-18-9-10/h1-3,6-7,9,11,15H,4-5,8H2,(H,14,16)/t11-/m0/s1. The lowest BCUT2D eigenvalue weighted by atomic mass is 10.2. The summed E-state index contributed by atoms with van der Waals surface area (Å²) in [6.07, 6.45) is -0.213. The molecule has 0 fully saturated rings. The van der Waals surface area contributed by atoms with Crippen LogP contribution in [0, 0.1) is 0 Å². The van der Waals surface area contributed by atoms with Crippen molar-refractivity contribution in [2.45, 2.75) is 6.10 Å². The van der Waals surface area contributed by atoms with E-state index in [0.717, 1.165) is 4.88 Å². The smallest absolute Gasteiger partial charge is 0.252 e. The van der Waals surface area contributed by atoms with Crippen LogP contribution in [0.5, 0.6) is 0 Å². The minimum Gasteiger partial charge on any atom is -0.394 e. The van der Waals surface area contributed by atoms with Crippen molar-refractivity contribution in [1.29, 1.82) is 0 Å². The van der Waals surface area contributed by atoms with Gasteiger partial charge in [0.1, 0.15) is 6.10 Å². The molecule has 102 valence electrons. The molecular weight excluding hydrogens is 282 g/mol. The molecule has 2 heterocycles. The first kappa shape index (κ1) is 14.2. The normalized spacial score (nSPS) is 12.3. The fraction of sp³-hybridized carbons (Fsp3) is 0.308. The first-order valence-electron chi connectivity index (χ1n) is 5.87. The topological polar surface area (TPSA) is 58.6 Å². The monoisotopic (exact) mass is 297 g/mol. The maximum atomic E-state index is 11.8. The molecule has 0 saturated carbocycles. The molecule has 0 unspecified atom stereocenters. The van der Waals surface area contributed by atoms with Gasteiger partial charge in [-0.3, -0.25) is 4.79 Å². The number of aliphatic hydroxyl groups excluding tert-OH is 1. The Kier molecular flexibility index (Phi) is 5.53. The zero-order chi connectivity index (χ0) is 13.5. The minimum atomic E-state index is -0.213. The van der Waals surface area contributed by atoms with Crippen molar-refractivity contribution in [2.75, 3.05) is 19.8 Å². The zero-order valence-corrected chi connectivity index (χ0v) is 11.9. The molecule has 4 nitrogen and oxygen atoms in total. The molecule has 1 amide bonds. The SMILES string of the molecule is O=C(NC[C@H](OCCO)c1cccs1)c1ccsc1. The summed E-state index contributed by atoms with van der Waals surface area (Å²) >= 11 is 3.07. The number of amides is 1. The molecule has 2 N–H and O–H groups in total. The van der Waals surface area contributed by atoms with Crippen LogP contribution in [0.15, 0.2) is 34.3 Å². The predicted molar refractivity (Wildman–Crippen MR) is 76.8 cm³/mol. The Hall–Kier alpha value is -1.21. The molecule has 2 aromatic heterocycles. The molecule has 0 aliphatic heterocycles. The van der Waals surface area contributed by atoms with Crippen molar-refractivity contribution in [3.8, 4) is 0 Å². The van der Waals surface area contributed by atoms with E-state index in [1.807, 2.05) is 28.3 Å². The van der Waals surface area contributed by atoms with E-state index < -0.39 is 0 Å². The Morgan fingerprint density at radius 3 is 2.95 bits per heavy atom. The molecule has 0 radical (unpaired) electrons. The Morgan fingerprint density at radius 2 is 2.32 bits per heavy atom. The highest BCUT2D eigenvalue weighted by Gasteiger charge is 2.15. The van der Waals surface area contributed by atoms with Crippen molar-refractivity contribution in [3.63, 3.8) is 0 Å². The lowest BCUT2D eigenvalue weighted by Crippen LogP contribution is -2.29. The fourth-order valence-corrected chi connectivity index (χ4v) is 3.00. The second-order valence-electron chi connectivity index (χ2n) is 3.82. The number of carbonyl (C=O) groups excluding carboxylic acids is 1. The second-order valence-corrected chi connectivity index (χ2v) is 5.58. The molecule has 0 bridgehead atoms. The van der Waals surface area contributed by atoms with E-state index in [9.17, 15) is 4.79 Å². The van der Waals surface area contributed by atoms with Crippen LogP contribution in [0.2, 0.25) is 0 Å². The number of rotatable bonds is 7. The summed E-state index contributed by atoms with van der Waals surface area (Å²) in [5.41, 5.74) is 0.664. The number of carbonyl (C=O) groups is 1. The van der Waals surface area contributed by atoms with Crippen molar-refractivity contribution in [3.05, 3.63) is 44.8 Å². The van der Waals surface area contributed by atoms with E-state index in [4.69, 9.17) is 9.84 Å². The Bertz CT molecular complexity index is 482. The van der Waals surface area contributed by atoms with Gasteiger partial charge in [0.15, 0.2) is 0 Å². The van der Waals surface area contributed by atoms with Crippen molar-refractivity contribution >= 4 is 28.6 Å².